The predicted octanol–water partition coefficient (Wildman–Crippen LogP) is 3.55. The first-order valence-corrected chi connectivity index (χ1v) is 6.15. The van der Waals surface area contributed by atoms with Gasteiger partial charge in [-0.15, -0.1) is 0 Å². The summed E-state index contributed by atoms with van der Waals surface area (Å²) in [7, 11) is 0. The van der Waals surface area contributed by atoms with E-state index in [4.69, 9.17) is 4.74 Å². The highest BCUT2D eigenvalue weighted by molar-refractivity contribution is 5.42. The van der Waals surface area contributed by atoms with Crippen LogP contribution in [0.2, 0.25) is 0 Å². The Balaban J connectivity index is 1.93. The van der Waals surface area contributed by atoms with Crippen LogP contribution < -0.4 is 5.32 Å². The highest BCUT2D eigenvalue weighted by atomic mass is 16.5. The topological polar surface area (TPSA) is 21.3 Å². The minimum absolute atomic E-state index is 0.738. The summed E-state index contributed by atoms with van der Waals surface area (Å²) in [5.74, 6) is 0.738. The fourth-order valence-corrected chi connectivity index (χ4v) is 1.38. The molecule has 0 unspecified atom stereocenters. The van der Waals surface area contributed by atoms with Gasteiger partial charge >= 0.3 is 0 Å². The smallest absolute Gasteiger partial charge is 0.0482 e. The van der Waals surface area contributed by atoms with Crippen molar-refractivity contribution in [3.63, 3.8) is 0 Å². The van der Waals surface area contributed by atoms with Gasteiger partial charge in [-0.05, 0) is 30.9 Å². The lowest BCUT2D eigenvalue weighted by Gasteiger charge is -2.08. The summed E-state index contributed by atoms with van der Waals surface area (Å²) in [4.78, 5) is 0. The van der Waals surface area contributed by atoms with Gasteiger partial charge in [0.2, 0.25) is 0 Å². The molecule has 0 saturated heterocycles. The molecule has 0 radical (unpaired) electrons. The molecular formula is C14H23NO. The molecular weight excluding hydrogens is 198 g/mol. The van der Waals surface area contributed by atoms with Gasteiger partial charge in [0.15, 0.2) is 0 Å². The summed E-state index contributed by atoms with van der Waals surface area (Å²) in [6, 6.07) is 10.3. The monoisotopic (exact) mass is 221 g/mol. The molecule has 2 heteroatoms. The van der Waals surface area contributed by atoms with E-state index in [0.29, 0.717) is 0 Å². The standard InChI is InChI=1S/C14H23NO/c1-13(2)9-12-16-11-6-10-15-14-7-4-3-5-8-14/h3-5,7-8,13,15H,6,9-12H2,1-2H3. The molecule has 0 aliphatic carbocycles. The van der Waals surface area contributed by atoms with Gasteiger partial charge in [0, 0.05) is 25.4 Å². The third-order valence-electron chi connectivity index (χ3n) is 2.41. The zero-order valence-electron chi connectivity index (χ0n) is 10.4. The van der Waals surface area contributed by atoms with Crippen molar-refractivity contribution < 1.29 is 4.74 Å². The van der Waals surface area contributed by atoms with Gasteiger partial charge in [-0.3, -0.25) is 0 Å². The number of hydrogen-bond donors (Lipinski definition) is 1. The average Bonchev–Trinajstić information content (AvgIpc) is 2.29. The Morgan fingerprint density at radius 1 is 1.12 bits per heavy atom. The maximum Gasteiger partial charge on any atom is 0.0482 e. The van der Waals surface area contributed by atoms with Crippen LogP contribution in [0.15, 0.2) is 30.3 Å². The summed E-state index contributed by atoms with van der Waals surface area (Å²) in [6.45, 7) is 7.17. The van der Waals surface area contributed by atoms with Crippen molar-refractivity contribution in [1.82, 2.24) is 0 Å². The fourth-order valence-electron chi connectivity index (χ4n) is 1.38. The number of anilines is 1. The minimum Gasteiger partial charge on any atom is -0.385 e. The van der Waals surface area contributed by atoms with Gasteiger partial charge in [-0.25, -0.2) is 0 Å². The van der Waals surface area contributed by atoms with Gasteiger partial charge < -0.3 is 10.1 Å². The number of benzene rings is 1. The molecule has 1 aromatic rings. The Morgan fingerprint density at radius 3 is 2.56 bits per heavy atom. The Labute approximate surface area is 99.0 Å². The van der Waals surface area contributed by atoms with Crippen molar-refractivity contribution in [1.29, 1.82) is 0 Å². The second-order valence-corrected chi connectivity index (χ2v) is 4.44. The van der Waals surface area contributed by atoms with E-state index in [2.05, 4.69) is 31.3 Å². The van der Waals surface area contributed by atoms with Crippen molar-refractivity contribution in [3.8, 4) is 0 Å². The molecule has 0 bridgehead atoms. The van der Waals surface area contributed by atoms with E-state index in [1.807, 2.05) is 18.2 Å². The first-order valence-electron chi connectivity index (χ1n) is 6.15. The van der Waals surface area contributed by atoms with Crippen LogP contribution in [0.1, 0.15) is 26.7 Å². The van der Waals surface area contributed by atoms with E-state index in [9.17, 15) is 0 Å². The van der Waals surface area contributed by atoms with Crippen LogP contribution >= 0.6 is 0 Å². The molecule has 0 amide bonds. The molecule has 0 heterocycles. The van der Waals surface area contributed by atoms with Gasteiger partial charge in [0.1, 0.15) is 0 Å². The molecule has 16 heavy (non-hydrogen) atoms. The Morgan fingerprint density at radius 2 is 1.88 bits per heavy atom. The number of rotatable bonds is 8. The van der Waals surface area contributed by atoms with Gasteiger partial charge in [0.25, 0.3) is 0 Å². The summed E-state index contributed by atoms with van der Waals surface area (Å²) >= 11 is 0. The zero-order valence-corrected chi connectivity index (χ0v) is 10.4. The van der Waals surface area contributed by atoms with Crippen LogP contribution in [0.5, 0.6) is 0 Å². The van der Waals surface area contributed by atoms with E-state index in [0.717, 1.165) is 38.5 Å². The van der Waals surface area contributed by atoms with Crippen molar-refractivity contribution >= 4 is 5.69 Å². The maximum absolute atomic E-state index is 5.54. The van der Waals surface area contributed by atoms with E-state index in [1.165, 1.54) is 5.69 Å². The Hall–Kier alpha value is -1.02. The molecule has 0 atom stereocenters. The van der Waals surface area contributed by atoms with Crippen molar-refractivity contribution in [2.75, 3.05) is 25.1 Å². The van der Waals surface area contributed by atoms with Crippen molar-refractivity contribution in [2.24, 2.45) is 5.92 Å². The largest absolute Gasteiger partial charge is 0.385 e. The fraction of sp³-hybridized carbons (Fsp3) is 0.571. The van der Waals surface area contributed by atoms with E-state index < -0.39 is 0 Å². The number of nitrogens with one attached hydrogen (secondary N) is 1. The number of para-hydroxylation sites is 1. The third-order valence-corrected chi connectivity index (χ3v) is 2.41. The van der Waals surface area contributed by atoms with Crippen LogP contribution in [-0.4, -0.2) is 19.8 Å². The summed E-state index contributed by atoms with van der Waals surface area (Å²) in [5, 5.41) is 3.36. The molecule has 1 N–H and O–H groups in total. The van der Waals surface area contributed by atoms with Gasteiger partial charge in [-0.2, -0.15) is 0 Å². The summed E-state index contributed by atoms with van der Waals surface area (Å²) in [6.07, 6.45) is 2.22. The van der Waals surface area contributed by atoms with Gasteiger partial charge in [0.05, 0.1) is 0 Å². The molecule has 0 aromatic heterocycles. The molecule has 1 rings (SSSR count). The normalized spacial score (nSPS) is 10.7. The van der Waals surface area contributed by atoms with Crippen LogP contribution in [-0.2, 0) is 4.74 Å². The molecule has 1 aromatic carbocycles. The van der Waals surface area contributed by atoms with Crippen LogP contribution in [0.25, 0.3) is 0 Å². The lowest BCUT2D eigenvalue weighted by atomic mass is 10.1. The molecule has 0 fully saturated rings. The van der Waals surface area contributed by atoms with E-state index >= 15 is 0 Å². The number of ether oxygens (including phenoxy) is 1. The minimum atomic E-state index is 0.738. The first kappa shape index (κ1) is 13.0. The Kier molecular flexibility index (Phi) is 6.66. The Bertz CT molecular complexity index is 259. The highest BCUT2D eigenvalue weighted by Gasteiger charge is 1.94. The maximum atomic E-state index is 5.54. The van der Waals surface area contributed by atoms with Crippen LogP contribution in [0.3, 0.4) is 0 Å². The zero-order chi connectivity index (χ0) is 11.6. The average molecular weight is 221 g/mol. The molecule has 0 aliphatic rings. The molecule has 0 saturated carbocycles. The van der Waals surface area contributed by atoms with Gasteiger partial charge in [-0.1, -0.05) is 32.0 Å². The lowest BCUT2D eigenvalue weighted by molar-refractivity contribution is 0.123. The predicted molar refractivity (Wildman–Crippen MR) is 69.8 cm³/mol. The van der Waals surface area contributed by atoms with Crippen molar-refractivity contribution in [3.05, 3.63) is 30.3 Å². The first-order chi connectivity index (χ1) is 7.79. The highest BCUT2D eigenvalue weighted by Crippen LogP contribution is 2.04. The SMILES string of the molecule is CC(C)CCOCCCNc1ccccc1. The molecule has 0 aliphatic heterocycles. The molecule has 2 nitrogen and oxygen atoms in total. The van der Waals surface area contributed by atoms with Crippen molar-refractivity contribution in [2.45, 2.75) is 26.7 Å². The second kappa shape index (κ2) is 8.17. The van der Waals surface area contributed by atoms with E-state index in [1.54, 1.807) is 0 Å². The van der Waals surface area contributed by atoms with Crippen LogP contribution in [0, 0.1) is 5.92 Å². The third kappa shape index (κ3) is 6.46. The van der Waals surface area contributed by atoms with Crippen LogP contribution in [0.4, 0.5) is 5.69 Å². The second-order valence-electron chi connectivity index (χ2n) is 4.44. The lowest BCUT2D eigenvalue weighted by Crippen LogP contribution is -2.07. The number of hydrogen-bond acceptors (Lipinski definition) is 2. The van der Waals surface area contributed by atoms with E-state index in [-0.39, 0.29) is 0 Å². The quantitative estimate of drug-likeness (QED) is 0.678. The molecule has 0 spiro atoms. The summed E-state index contributed by atoms with van der Waals surface area (Å²) < 4.78 is 5.54. The summed E-state index contributed by atoms with van der Waals surface area (Å²) in [5.41, 5.74) is 1.18. The molecule has 90 valence electrons.